The standard InChI is InChI=1S/C16H16F3N3O/c17-10-7-16(5-2-6-22(16)8-10)9-23-15-20-12-4-1-3-11(18)13(12)14(19)21-15/h1,3-4,10H,2,5-9H2/t10-,16+/m1/s1. The maximum atomic E-state index is 14.0. The van der Waals surface area contributed by atoms with Crippen LogP contribution in [0.25, 0.3) is 10.9 Å². The van der Waals surface area contributed by atoms with E-state index in [0.29, 0.717) is 13.0 Å². The Hall–Kier alpha value is -1.89. The van der Waals surface area contributed by atoms with Gasteiger partial charge in [-0.15, -0.1) is 0 Å². The molecular formula is C16H16F3N3O. The van der Waals surface area contributed by atoms with Gasteiger partial charge in [0.2, 0.25) is 5.95 Å². The van der Waals surface area contributed by atoms with Crippen molar-refractivity contribution in [1.82, 2.24) is 14.9 Å². The summed E-state index contributed by atoms with van der Waals surface area (Å²) in [6.07, 6.45) is 1.39. The van der Waals surface area contributed by atoms with E-state index < -0.39 is 17.9 Å². The minimum Gasteiger partial charge on any atom is -0.461 e. The Bertz CT molecular complexity index is 757. The quantitative estimate of drug-likeness (QED) is 0.814. The van der Waals surface area contributed by atoms with Crippen molar-refractivity contribution < 1.29 is 17.9 Å². The van der Waals surface area contributed by atoms with E-state index in [9.17, 15) is 13.2 Å². The van der Waals surface area contributed by atoms with Gasteiger partial charge in [-0.2, -0.15) is 14.4 Å². The minimum atomic E-state index is -0.946. The molecule has 4 rings (SSSR count). The fourth-order valence-corrected chi connectivity index (χ4v) is 3.79. The van der Waals surface area contributed by atoms with Crippen molar-refractivity contribution in [2.75, 3.05) is 19.7 Å². The fourth-order valence-electron chi connectivity index (χ4n) is 3.79. The zero-order chi connectivity index (χ0) is 16.0. The van der Waals surface area contributed by atoms with Crippen LogP contribution in [0.4, 0.5) is 13.2 Å². The van der Waals surface area contributed by atoms with Crippen LogP contribution in [0, 0.1) is 11.8 Å². The number of halogens is 3. The number of hydrogen-bond donors (Lipinski definition) is 0. The molecule has 0 bridgehead atoms. The summed E-state index contributed by atoms with van der Waals surface area (Å²) < 4.78 is 46.9. The molecule has 3 heterocycles. The van der Waals surface area contributed by atoms with Crippen LogP contribution >= 0.6 is 0 Å². The van der Waals surface area contributed by atoms with Gasteiger partial charge in [0.1, 0.15) is 18.6 Å². The van der Waals surface area contributed by atoms with E-state index in [1.165, 1.54) is 12.1 Å². The molecule has 2 aliphatic heterocycles. The molecule has 2 atom stereocenters. The molecule has 0 amide bonds. The van der Waals surface area contributed by atoms with E-state index in [2.05, 4.69) is 14.9 Å². The minimum absolute atomic E-state index is 0.135. The topological polar surface area (TPSA) is 38.2 Å². The molecule has 1 aromatic heterocycles. The zero-order valence-electron chi connectivity index (χ0n) is 12.4. The molecule has 7 heteroatoms. The predicted molar refractivity (Wildman–Crippen MR) is 78.0 cm³/mol. The van der Waals surface area contributed by atoms with E-state index in [1.54, 1.807) is 0 Å². The van der Waals surface area contributed by atoms with Crippen molar-refractivity contribution in [3.63, 3.8) is 0 Å². The van der Waals surface area contributed by atoms with Crippen LogP contribution in [0.3, 0.4) is 0 Å². The molecule has 0 spiro atoms. The van der Waals surface area contributed by atoms with Gasteiger partial charge in [-0.3, -0.25) is 4.90 Å². The van der Waals surface area contributed by atoms with Crippen LogP contribution in [0.1, 0.15) is 19.3 Å². The van der Waals surface area contributed by atoms with Gasteiger partial charge in [-0.25, -0.2) is 8.78 Å². The lowest BCUT2D eigenvalue weighted by molar-refractivity contribution is 0.107. The first-order valence-corrected chi connectivity index (χ1v) is 7.71. The summed E-state index contributed by atoms with van der Waals surface area (Å²) in [4.78, 5) is 9.75. The molecule has 122 valence electrons. The molecule has 2 aromatic rings. The van der Waals surface area contributed by atoms with Gasteiger partial charge in [0.15, 0.2) is 0 Å². The first kappa shape index (κ1) is 14.7. The first-order valence-electron chi connectivity index (χ1n) is 7.71. The first-order chi connectivity index (χ1) is 11.1. The zero-order valence-corrected chi connectivity index (χ0v) is 12.4. The van der Waals surface area contributed by atoms with E-state index in [0.717, 1.165) is 25.5 Å². The lowest BCUT2D eigenvalue weighted by Crippen LogP contribution is -2.43. The molecule has 2 aliphatic rings. The maximum Gasteiger partial charge on any atom is 0.319 e. The van der Waals surface area contributed by atoms with E-state index in [-0.39, 0.29) is 29.1 Å². The van der Waals surface area contributed by atoms with Crippen molar-refractivity contribution >= 4 is 10.9 Å². The Morgan fingerprint density at radius 1 is 1.30 bits per heavy atom. The van der Waals surface area contributed by atoms with E-state index in [1.807, 2.05) is 0 Å². The van der Waals surface area contributed by atoms with Gasteiger partial charge >= 0.3 is 6.01 Å². The third-order valence-electron chi connectivity index (χ3n) is 4.84. The summed E-state index contributed by atoms with van der Waals surface area (Å²) in [5.74, 6) is -1.65. The Balaban J connectivity index is 1.59. The molecular weight excluding hydrogens is 307 g/mol. The second-order valence-electron chi connectivity index (χ2n) is 6.29. The number of alkyl halides is 1. The molecule has 0 aliphatic carbocycles. The third-order valence-corrected chi connectivity index (χ3v) is 4.84. The van der Waals surface area contributed by atoms with Crippen LogP contribution < -0.4 is 4.74 Å². The van der Waals surface area contributed by atoms with Gasteiger partial charge in [-0.1, -0.05) is 6.07 Å². The molecule has 0 unspecified atom stereocenters. The van der Waals surface area contributed by atoms with Crippen LogP contribution in [0.15, 0.2) is 18.2 Å². The highest BCUT2D eigenvalue weighted by atomic mass is 19.1. The maximum absolute atomic E-state index is 14.0. The number of ether oxygens (including phenoxy) is 1. The van der Waals surface area contributed by atoms with Crippen LogP contribution in [0.5, 0.6) is 6.01 Å². The SMILES string of the molecule is Fc1cccc2nc(OC[C@@]34CCCN3C[C@H](F)C4)nc(F)c12. The smallest absolute Gasteiger partial charge is 0.319 e. The fraction of sp³-hybridized carbons (Fsp3) is 0.500. The van der Waals surface area contributed by atoms with E-state index >= 15 is 0 Å². The molecule has 0 saturated carbocycles. The lowest BCUT2D eigenvalue weighted by Gasteiger charge is -2.30. The molecule has 23 heavy (non-hydrogen) atoms. The van der Waals surface area contributed by atoms with Crippen molar-refractivity contribution in [2.24, 2.45) is 0 Å². The van der Waals surface area contributed by atoms with Gasteiger partial charge in [0.05, 0.1) is 16.4 Å². The van der Waals surface area contributed by atoms with Gasteiger partial charge in [0, 0.05) is 13.0 Å². The van der Waals surface area contributed by atoms with E-state index in [4.69, 9.17) is 4.74 Å². The largest absolute Gasteiger partial charge is 0.461 e. The summed E-state index contributed by atoms with van der Waals surface area (Å²) >= 11 is 0. The van der Waals surface area contributed by atoms with Gasteiger partial charge in [0.25, 0.3) is 0 Å². The normalized spacial score (nSPS) is 27.5. The summed E-state index contributed by atoms with van der Waals surface area (Å²) in [5, 5.41) is -0.245. The van der Waals surface area contributed by atoms with Crippen molar-refractivity contribution in [1.29, 1.82) is 0 Å². The monoisotopic (exact) mass is 323 g/mol. The number of fused-ring (bicyclic) bond motifs is 2. The number of rotatable bonds is 3. The highest BCUT2D eigenvalue weighted by molar-refractivity contribution is 5.79. The average Bonchev–Trinajstić information content (AvgIpc) is 3.01. The predicted octanol–water partition coefficient (Wildman–Crippen LogP) is 2.86. The second-order valence-corrected chi connectivity index (χ2v) is 6.29. The third kappa shape index (κ3) is 2.43. The van der Waals surface area contributed by atoms with Gasteiger partial charge in [-0.05, 0) is 31.5 Å². The Kier molecular flexibility index (Phi) is 3.41. The molecule has 2 saturated heterocycles. The summed E-state index contributed by atoms with van der Waals surface area (Å²) in [7, 11) is 0. The summed E-state index contributed by atoms with van der Waals surface area (Å²) in [6.45, 7) is 1.48. The molecule has 0 radical (unpaired) electrons. The van der Waals surface area contributed by atoms with Crippen LogP contribution in [-0.2, 0) is 0 Å². The summed E-state index contributed by atoms with van der Waals surface area (Å²) in [6, 6.07) is 3.98. The van der Waals surface area contributed by atoms with Crippen molar-refractivity contribution in [3.05, 3.63) is 30.0 Å². The number of aromatic nitrogens is 2. The highest BCUT2D eigenvalue weighted by Gasteiger charge is 2.49. The number of nitrogens with zero attached hydrogens (tertiary/aromatic N) is 3. The lowest BCUT2D eigenvalue weighted by atomic mass is 9.95. The number of benzene rings is 1. The van der Waals surface area contributed by atoms with Crippen LogP contribution in [-0.4, -0.2) is 46.3 Å². The number of hydrogen-bond acceptors (Lipinski definition) is 4. The second kappa shape index (κ2) is 5.33. The molecule has 0 N–H and O–H groups in total. The van der Waals surface area contributed by atoms with Crippen LogP contribution in [0.2, 0.25) is 0 Å². The summed E-state index contributed by atoms with van der Waals surface area (Å²) in [5.41, 5.74) is -0.195. The Morgan fingerprint density at radius 3 is 3.04 bits per heavy atom. The van der Waals surface area contributed by atoms with Crippen molar-refractivity contribution in [3.8, 4) is 6.01 Å². The highest BCUT2D eigenvalue weighted by Crippen LogP contribution is 2.40. The van der Waals surface area contributed by atoms with Crippen molar-refractivity contribution in [2.45, 2.75) is 31.0 Å². The Labute approximate surface area is 131 Å². The molecule has 2 fully saturated rings. The average molecular weight is 323 g/mol. The molecule has 1 aromatic carbocycles. The molecule has 4 nitrogen and oxygen atoms in total. The van der Waals surface area contributed by atoms with Gasteiger partial charge < -0.3 is 4.74 Å². The Morgan fingerprint density at radius 2 is 2.17 bits per heavy atom.